The Balaban J connectivity index is 0.000000602. The molecule has 0 aliphatic heterocycles. The number of hydrogen-bond acceptors (Lipinski definition) is 8. The van der Waals surface area contributed by atoms with Gasteiger partial charge in [0, 0.05) is 77.4 Å². The number of rotatable bonds is 10. The van der Waals surface area contributed by atoms with E-state index < -0.39 is 9.85 Å². The smallest absolute Gasteiger partial charge is 0.270 e. The monoisotopic (exact) mass is 502 g/mol. The molecule has 2 rings (SSSR count). The summed E-state index contributed by atoms with van der Waals surface area (Å²) in [6.07, 6.45) is 14.6. The molecule has 0 aromatic rings. The van der Waals surface area contributed by atoms with Gasteiger partial charge in [-0.1, -0.05) is 26.7 Å². The van der Waals surface area contributed by atoms with Crippen molar-refractivity contribution in [3.05, 3.63) is 91.6 Å². The summed E-state index contributed by atoms with van der Waals surface area (Å²) >= 11 is 0. The summed E-state index contributed by atoms with van der Waals surface area (Å²) < 4.78 is 0. The topological polar surface area (TPSA) is 144 Å². The molecule has 33 heavy (non-hydrogen) atoms. The summed E-state index contributed by atoms with van der Waals surface area (Å²) in [5.74, 6) is -0.427. The number of carbonyl (C=O) groups excluding carboxylic acids is 2. The second-order valence-corrected chi connectivity index (χ2v) is 6.86. The van der Waals surface area contributed by atoms with E-state index in [9.17, 15) is 29.8 Å². The first kappa shape index (κ1) is 29.7. The zero-order valence-electron chi connectivity index (χ0n) is 18.5. The molecule has 0 radical (unpaired) electrons. The third-order valence-electron chi connectivity index (χ3n) is 4.27. The Bertz CT molecular complexity index is 842. The fraction of sp³-hybridized carbons (Fsp3) is 0.364. The summed E-state index contributed by atoms with van der Waals surface area (Å²) in [5.41, 5.74) is 0.516. The predicted octanol–water partition coefficient (Wildman–Crippen LogP) is 3.12. The second kappa shape index (κ2) is 16.3. The summed E-state index contributed by atoms with van der Waals surface area (Å²) in [6, 6.07) is 0. The number of nitro groups is 2. The van der Waals surface area contributed by atoms with E-state index in [2.05, 4.69) is 24.5 Å². The summed E-state index contributed by atoms with van der Waals surface area (Å²) in [7, 11) is 0. The second-order valence-electron chi connectivity index (χ2n) is 6.86. The third-order valence-corrected chi connectivity index (χ3v) is 4.27. The van der Waals surface area contributed by atoms with Crippen LogP contribution in [-0.2, 0) is 26.1 Å². The number of allylic oxidation sites excluding steroid dienone is 8. The maximum Gasteiger partial charge on any atom is 0.270 e. The van der Waals surface area contributed by atoms with Crippen LogP contribution in [0.4, 0.5) is 0 Å². The molecule has 2 aliphatic rings. The molecule has 2 aliphatic carbocycles. The Morgan fingerprint density at radius 1 is 0.758 bits per heavy atom. The van der Waals surface area contributed by atoms with Crippen molar-refractivity contribution in [1.29, 1.82) is 0 Å². The molecule has 0 saturated carbocycles. The van der Waals surface area contributed by atoms with Crippen LogP contribution in [0.15, 0.2) is 71.4 Å². The molecule has 0 unspecified atom stereocenters. The summed E-state index contributed by atoms with van der Waals surface area (Å²) in [5, 5.41) is 26.9. The average molecular weight is 503 g/mol. The summed E-state index contributed by atoms with van der Waals surface area (Å²) in [6.45, 7) is 5.65. The minimum Gasteiger partial charge on any atom is -0.390 e. The van der Waals surface area contributed by atoms with Crippen molar-refractivity contribution in [2.75, 3.05) is 13.1 Å². The molecule has 0 fully saturated rings. The molecule has 10 nitrogen and oxygen atoms in total. The van der Waals surface area contributed by atoms with Crippen LogP contribution < -0.4 is 10.6 Å². The molecule has 11 heteroatoms. The van der Waals surface area contributed by atoms with Crippen LogP contribution in [-0.4, -0.2) is 34.5 Å². The number of carbonyl (C=O) groups is 2. The van der Waals surface area contributed by atoms with Gasteiger partial charge in [-0.25, -0.2) is 0 Å². The van der Waals surface area contributed by atoms with Gasteiger partial charge in [0.25, 0.3) is 11.4 Å². The van der Waals surface area contributed by atoms with Crippen LogP contribution in [0.1, 0.15) is 39.5 Å². The summed E-state index contributed by atoms with van der Waals surface area (Å²) in [4.78, 5) is 42.7. The number of hydrogen-bond donors (Lipinski definition) is 2. The van der Waals surface area contributed by atoms with Crippen molar-refractivity contribution >= 4 is 11.6 Å². The molecule has 182 valence electrons. The molecule has 2 N–H and O–H groups in total. The van der Waals surface area contributed by atoms with E-state index in [4.69, 9.17) is 0 Å². The Morgan fingerprint density at radius 2 is 1.12 bits per heavy atom. The minimum absolute atomic E-state index is 0. The molecular formula is C22H28N4NiO6. The number of ketones is 2. The normalized spacial score (nSPS) is 16.9. The fourth-order valence-corrected chi connectivity index (χ4v) is 2.45. The number of nitrogens with one attached hydrogen (secondary N) is 2. The molecule has 0 aromatic carbocycles. The Hall–Kier alpha value is -3.33. The zero-order valence-corrected chi connectivity index (χ0v) is 19.5. The fourth-order valence-electron chi connectivity index (χ4n) is 2.45. The van der Waals surface area contributed by atoms with Crippen molar-refractivity contribution in [2.45, 2.75) is 39.5 Å². The van der Waals surface area contributed by atoms with Gasteiger partial charge in [0.2, 0.25) is 0 Å². The van der Waals surface area contributed by atoms with Crippen LogP contribution in [0.5, 0.6) is 0 Å². The minimum atomic E-state index is -0.511. The van der Waals surface area contributed by atoms with Gasteiger partial charge >= 0.3 is 0 Å². The molecule has 0 bridgehead atoms. The number of nitrogens with zero attached hydrogens (tertiary/aromatic N) is 2. The first-order chi connectivity index (χ1) is 15.3. The van der Waals surface area contributed by atoms with Gasteiger partial charge in [0.1, 0.15) is 0 Å². The molecule has 0 amide bonds. The van der Waals surface area contributed by atoms with E-state index in [-0.39, 0.29) is 39.5 Å². The van der Waals surface area contributed by atoms with Crippen LogP contribution in [0.3, 0.4) is 0 Å². The average Bonchev–Trinajstić information content (AvgIpc) is 2.76. The molecule has 0 atom stereocenters. The van der Waals surface area contributed by atoms with Crippen molar-refractivity contribution in [2.24, 2.45) is 0 Å². The predicted molar refractivity (Wildman–Crippen MR) is 120 cm³/mol. The van der Waals surface area contributed by atoms with Crippen LogP contribution >= 0.6 is 0 Å². The standard InChI is InChI=1S/2C11H14N2O3.Ni/c2*1-2-3-6-12-8-9-7-10(13(15)16)4-5-11(9)14;/h2*4-5,7-8,12H,2-3,6H2,1H3;. The van der Waals surface area contributed by atoms with Gasteiger partial charge in [-0.15, -0.1) is 0 Å². The first-order valence-corrected chi connectivity index (χ1v) is 10.3. The Labute approximate surface area is 202 Å². The zero-order chi connectivity index (χ0) is 23.9. The van der Waals surface area contributed by atoms with Gasteiger partial charge in [0.05, 0.1) is 9.85 Å². The maximum absolute atomic E-state index is 11.4. The van der Waals surface area contributed by atoms with Crippen molar-refractivity contribution in [1.82, 2.24) is 10.6 Å². The van der Waals surface area contributed by atoms with Gasteiger partial charge in [-0.05, 0) is 25.0 Å². The maximum atomic E-state index is 11.4. The van der Waals surface area contributed by atoms with Crippen LogP contribution in [0, 0.1) is 20.2 Å². The molecule has 0 saturated heterocycles. The molecule has 0 heterocycles. The van der Waals surface area contributed by atoms with E-state index in [0.717, 1.165) is 38.8 Å². The van der Waals surface area contributed by atoms with E-state index >= 15 is 0 Å². The van der Waals surface area contributed by atoms with Crippen molar-refractivity contribution < 1.29 is 35.9 Å². The van der Waals surface area contributed by atoms with Crippen LogP contribution in [0.2, 0.25) is 0 Å². The van der Waals surface area contributed by atoms with Gasteiger partial charge < -0.3 is 10.6 Å². The Kier molecular flexibility index (Phi) is 14.7. The van der Waals surface area contributed by atoms with Gasteiger partial charge in [0.15, 0.2) is 11.6 Å². The number of unbranched alkanes of at least 4 members (excludes halogenated alkanes) is 2. The largest absolute Gasteiger partial charge is 0.390 e. The molecule has 0 aromatic heterocycles. The Morgan fingerprint density at radius 3 is 1.42 bits per heavy atom. The van der Waals surface area contributed by atoms with E-state index in [1.54, 1.807) is 0 Å². The third kappa shape index (κ3) is 11.2. The molecular weight excluding hydrogens is 475 g/mol. The SMILES string of the molecule is CCCCNC=C1C=C([N+](=O)[O-])C=CC1=O.CCCCNC=C1C=C([N+](=O)[O-])C=CC1=O.[Ni]. The quantitative estimate of drug-likeness (QED) is 0.152. The van der Waals surface area contributed by atoms with Crippen molar-refractivity contribution in [3.63, 3.8) is 0 Å². The van der Waals surface area contributed by atoms with E-state index in [1.165, 1.54) is 48.9 Å². The molecule has 0 spiro atoms. The van der Waals surface area contributed by atoms with Crippen molar-refractivity contribution in [3.8, 4) is 0 Å². The van der Waals surface area contributed by atoms with Gasteiger partial charge in [-0.3, -0.25) is 29.8 Å². The van der Waals surface area contributed by atoms with E-state index in [0.29, 0.717) is 11.1 Å². The van der Waals surface area contributed by atoms with E-state index in [1.807, 2.05) is 0 Å². The first-order valence-electron chi connectivity index (χ1n) is 10.3. The van der Waals surface area contributed by atoms with Gasteiger partial charge in [-0.2, -0.15) is 0 Å². The van der Waals surface area contributed by atoms with Crippen LogP contribution in [0.25, 0.3) is 0 Å².